The molecule has 0 saturated carbocycles. The van der Waals surface area contributed by atoms with E-state index < -0.39 is 0 Å². The van der Waals surface area contributed by atoms with Gasteiger partial charge in [-0.2, -0.15) is 0 Å². The molecule has 0 fully saturated rings. The van der Waals surface area contributed by atoms with Crippen LogP contribution in [0.4, 0.5) is 0 Å². The molecule has 2 aromatic heterocycles. The van der Waals surface area contributed by atoms with Crippen LogP contribution < -0.4 is 10.1 Å². The molecule has 0 saturated heterocycles. The number of amides is 1. The predicted octanol–water partition coefficient (Wildman–Crippen LogP) is 2.47. The van der Waals surface area contributed by atoms with E-state index in [0.29, 0.717) is 18.7 Å². The van der Waals surface area contributed by atoms with Gasteiger partial charge < -0.3 is 14.6 Å². The Balaban J connectivity index is 1.66. The Hall–Kier alpha value is -2.82. The Kier molecular flexibility index (Phi) is 4.05. The van der Waals surface area contributed by atoms with Crippen LogP contribution in [0.1, 0.15) is 10.4 Å². The minimum Gasteiger partial charge on any atom is -0.496 e. The molecule has 1 aromatic carbocycles. The van der Waals surface area contributed by atoms with Gasteiger partial charge in [0.05, 0.1) is 18.2 Å². The summed E-state index contributed by atoms with van der Waals surface area (Å²) in [5.74, 6) is 0.748. The lowest BCUT2D eigenvalue weighted by atomic mass is 10.2. The summed E-state index contributed by atoms with van der Waals surface area (Å²) < 4.78 is 7.45. The quantitative estimate of drug-likeness (QED) is 0.786. The van der Waals surface area contributed by atoms with Crippen LogP contribution in [0.15, 0.2) is 55.0 Å². The maximum Gasteiger partial charge on any atom is 0.252 e. The highest BCUT2D eigenvalue weighted by Gasteiger charge is 2.07. The number of hydrogen-bond donors (Lipinski definition) is 1. The average molecular weight is 295 g/mol. The zero-order valence-corrected chi connectivity index (χ0v) is 12.3. The van der Waals surface area contributed by atoms with Gasteiger partial charge in [0, 0.05) is 37.1 Å². The molecule has 112 valence electrons. The standard InChI is InChI=1S/C17H17N3O2/c1-22-16-6-2-5-15-14(16)7-10-20(15)11-9-19-17(21)13-4-3-8-18-12-13/h2-8,10,12H,9,11H2,1H3,(H,19,21). The maximum atomic E-state index is 12.0. The van der Waals surface area contributed by atoms with E-state index in [1.807, 2.05) is 30.5 Å². The first-order chi connectivity index (χ1) is 10.8. The monoisotopic (exact) mass is 295 g/mol. The van der Waals surface area contributed by atoms with Crippen molar-refractivity contribution in [2.75, 3.05) is 13.7 Å². The second-order valence-corrected chi connectivity index (χ2v) is 4.90. The number of carbonyl (C=O) groups is 1. The van der Waals surface area contributed by atoms with E-state index >= 15 is 0 Å². The van der Waals surface area contributed by atoms with Crippen molar-refractivity contribution in [3.05, 3.63) is 60.6 Å². The molecule has 0 atom stereocenters. The largest absolute Gasteiger partial charge is 0.496 e. The van der Waals surface area contributed by atoms with Crippen molar-refractivity contribution in [3.63, 3.8) is 0 Å². The summed E-state index contributed by atoms with van der Waals surface area (Å²) in [5, 5.41) is 3.97. The number of carbonyl (C=O) groups excluding carboxylic acids is 1. The molecule has 0 aliphatic rings. The molecule has 0 spiro atoms. The highest BCUT2D eigenvalue weighted by atomic mass is 16.5. The van der Waals surface area contributed by atoms with Gasteiger partial charge in [-0.1, -0.05) is 6.07 Å². The summed E-state index contributed by atoms with van der Waals surface area (Å²) in [5.41, 5.74) is 1.66. The minimum absolute atomic E-state index is 0.109. The summed E-state index contributed by atoms with van der Waals surface area (Å²) in [7, 11) is 1.67. The van der Waals surface area contributed by atoms with Gasteiger partial charge in [0.1, 0.15) is 5.75 Å². The lowest BCUT2D eigenvalue weighted by Gasteiger charge is -2.08. The third-order valence-electron chi connectivity index (χ3n) is 3.56. The second-order valence-electron chi connectivity index (χ2n) is 4.90. The van der Waals surface area contributed by atoms with Gasteiger partial charge in [-0.15, -0.1) is 0 Å². The molecule has 2 heterocycles. The van der Waals surface area contributed by atoms with Crippen LogP contribution in [0, 0.1) is 0 Å². The van der Waals surface area contributed by atoms with Crippen LogP contribution in [-0.2, 0) is 6.54 Å². The fraction of sp³-hybridized carbons (Fsp3) is 0.176. The van der Waals surface area contributed by atoms with Crippen molar-refractivity contribution < 1.29 is 9.53 Å². The lowest BCUT2D eigenvalue weighted by molar-refractivity contribution is 0.0952. The number of nitrogens with one attached hydrogen (secondary N) is 1. The van der Waals surface area contributed by atoms with Crippen molar-refractivity contribution in [1.29, 1.82) is 0 Å². The van der Waals surface area contributed by atoms with Gasteiger partial charge in [0.25, 0.3) is 5.91 Å². The van der Waals surface area contributed by atoms with Gasteiger partial charge in [0.15, 0.2) is 0 Å². The van der Waals surface area contributed by atoms with Gasteiger partial charge in [-0.25, -0.2) is 0 Å². The third-order valence-corrected chi connectivity index (χ3v) is 3.56. The minimum atomic E-state index is -0.109. The van der Waals surface area contributed by atoms with Crippen LogP contribution >= 0.6 is 0 Å². The highest BCUT2D eigenvalue weighted by Crippen LogP contribution is 2.25. The van der Waals surface area contributed by atoms with E-state index in [2.05, 4.69) is 14.9 Å². The molecular formula is C17H17N3O2. The Bertz CT molecular complexity index is 781. The molecule has 3 aromatic rings. The Labute approximate surface area is 128 Å². The average Bonchev–Trinajstić information content (AvgIpc) is 2.99. The molecule has 3 rings (SSSR count). The molecule has 0 unspecified atom stereocenters. The van der Waals surface area contributed by atoms with Gasteiger partial charge in [0.2, 0.25) is 0 Å². The number of ether oxygens (including phenoxy) is 1. The van der Waals surface area contributed by atoms with Gasteiger partial charge >= 0.3 is 0 Å². The zero-order chi connectivity index (χ0) is 15.4. The summed E-state index contributed by atoms with van der Waals surface area (Å²) >= 11 is 0. The Morgan fingerprint density at radius 1 is 1.27 bits per heavy atom. The van der Waals surface area contributed by atoms with Crippen LogP contribution in [0.25, 0.3) is 10.9 Å². The molecule has 0 radical (unpaired) electrons. The summed E-state index contributed by atoms with van der Waals surface area (Å²) in [4.78, 5) is 15.9. The lowest BCUT2D eigenvalue weighted by Crippen LogP contribution is -2.27. The van der Waals surface area contributed by atoms with Gasteiger partial charge in [-0.05, 0) is 30.3 Å². The van der Waals surface area contributed by atoms with Crippen molar-refractivity contribution in [1.82, 2.24) is 14.9 Å². The van der Waals surface area contributed by atoms with E-state index in [1.54, 1.807) is 31.6 Å². The van der Waals surface area contributed by atoms with E-state index in [9.17, 15) is 4.79 Å². The molecule has 5 heteroatoms. The molecule has 1 amide bonds. The normalized spacial score (nSPS) is 10.6. The van der Waals surface area contributed by atoms with E-state index in [1.165, 1.54) is 0 Å². The SMILES string of the molecule is COc1cccc2c1ccn2CCNC(=O)c1cccnc1. The number of aromatic nitrogens is 2. The van der Waals surface area contributed by atoms with Crippen molar-refractivity contribution in [3.8, 4) is 5.75 Å². The second kappa shape index (κ2) is 6.30. The number of nitrogens with zero attached hydrogens (tertiary/aromatic N) is 2. The number of benzene rings is 1. The topological polar surface area (TPSA) is 56.1 Å². The Morgan fingerprint density at radius 2 is 2.18 bits per heavy atom. The predicted molar refractivity (Wildman–Crippen MR) is 85.1 cm³/mol. The molecule has 0 bridgehead atoms. The van der Waals surface area contributed by atoms with Crippen LogP contribution in [0.2, 0.25) is 0 Å². The molecule has 1 N–H and O–H groups in total. The summed E-state index contributed by atoms with van der Waals surface area (Å²) in [6, 6.07) is 11.5. The maximum absolute atomic E-state index is 12.0. The number of methoxy groups -OCH3 is 1. The van der Waals surface area contributed by atoms with Crippen LogP contribution in [0.5, 0.6) is 5.75 Å². The van der Waals surface area contributed by atoms with E-state index in [-0.39, 0.29) is 5.91 Å². The van der Waals surface area contributed by atoms with Crippen molar-refractivity contribution >= 4 is 16.8 Å². The number of fused-ring (bicyclic) bond motifs is 1. The number of pyridine rings is 1. The van der Waals surface area contributed by atoms with Crippen molar-refractivity contribution in [2.24, 2.45) is 0 Å². The highest BCUT2D eigenvalue weighted by molar-refractivity contribution is 5.93. The fourth-order valence-electron chi connectivity index (χ4n) is 2.46. The first-order valence-electron chi connectivity index (χ1n) is 7.09. The third kappa shape index (κ3) is 2.79. The summed E-state index contributed by atoms with van der Waals surface area (Å²) in [6.45, 7) is 1.25. The molecular weight excluding hydrogens is 278 g/mol. The van der Waals surface area contributed by atoms with Crippen molar-refractivity contribution in [2.45, 2.75) is 6.54 Å². The van der Waals surface area contributed by atoms with E-state index in [4.69, 9.17) is 4.74 Å². The zero-order valence-electron chi connectivity index (χ0n) is 12.3. The number of hydrogen-bond acceptors (Lipinski definition) is 3. The molecule has 22 heavy (non-hydrogen) atoms. The molecule has 0 aliphatic heterocycles. The first-order valence-corrected chi connectivity index (χ1v) is 7.09. The fourth-order valence-corrected chi connectivity index (χ4v) is 2.46. The van der Waals surface area contributed by atoms with E-state index in [0.717, 1.165) is 16.7 Å². The molecule has 5 nitrogen and oxygen atoms in total. The smallest absolute Gasteiger partial charge is 0.252 e. The van der Waals surface area contributed by atoms with Gasteiger partial charge in [-0.3, -0.25) is 9.78 Å². The van der Waals surface area contributed by atoms with Crippen LogP contribution in [-0.4, -0.2) is 29.1 Å². The Morgan fingerprint density at radius 3 is 2.95 bits per heavy atom. The van der Waals surface area contributed by atoms with Crippen LogP contribution in [0.3, 0.4) is 0 Å². The first kappa shape index (κ1) is 14.1. The number of rotatable bonds is 5. The summed E-state index contributed by atoms with van der Waals surface area (Å²) in [6.07, 6.45) is 5.21. The molecule has 0 aliphatic carbocycles.